The Balaban J connectivity index is 2.24. The Hall–Kier alpha value is -2.20. The number of aromatic nitrogens is 3. The Kier molecular flexibility index (Phi) is 2.80. The maximum absolute atomic E-state index is 5.96. The van der Waals surface area contributed by atoms with Crippen molar-refractivity contribution in [1.82, 2.24) is 15.0 Å². The molecular formula is C14H11ClN4. The fourth-order valence-electron chi connectivity index (χ4n) is 1.91. The third kappa shape index (κ3) is 2.22. The van der Waals surface area contributed by atoms with Crippen LogP contribution in [0.5, 0.6) is 0 Å². The molecule has 0 aliphatic carbocycles. The summed E-state index contributed by atoms with van der Waals surface area (Å²) < 4.78 is 0. The molecule has 2 aromatic heterocycles. The number of nitrogen functional groups attached to an aromatic ring is 1. The summed E-state index contributed by atoms with van der Waals surface area (Å²) in [6.45, 7) is 1.92. The minimum atomic E-state index is 0.408. The maximum Gasteiger partial charge on any atom is 0.180 e. The second kappa shape index (κ2) is 4.48. The summed E-state index contributed by atoms with van der Waals surface area (Å²) in [4.78, 5) is 13.2. The van der Waals surface area contributed by atoms with Crippen LogP contribution in [0.3, 0.4) is 0 Å². The highest BCUT2D eigenvalue weighted by Gasteiger charge is 2.08. The average Bonchev–Trinajstić information content (AvgIpc) is 2.39. The molecule has 0 saturated carbocycles. The van der Waals surface area contributed by atoms with Crippen molar-refractivity contribution in [3.63, 3.8) is 0 Å². The average molecular weight is 271 g/mol. The van der Waals surface area contributed by atoms with E-state index in [1.165, 1.54) is 0 Å². The van der Waals surface area contributed by atoms with Gasteiger partial charge in [0.25, 0.3) is 0 Å². The van der Waals surface area contributed by atoms with Gasteiger partial charge in [-0.1, -0.05) is 17.7 Å². The third-order valence-electron chi connectivity index (χ3n) is 2.80. The maximum atomic E-state index is 5.96. The van der Waals surface area contributed by atoms with Crippen LogP contribution in [0.25, 0.3) is 22.4 Å². The molecule has 0 saturated heterocycles. The fraction of sp³-hybridized carbons (Fsp3) is 0.0714. The van der Waals surface area contributed by atoms with Gasteiger partial charge in [0.15, 0.2) is 5.82 Å². The van der Waals surface area contributed by atoms with Gasteiger partial charge in [-0.3, -0.25) is 0 Å². The highest BCUT2D eigenvalue weighted by Crippen LogP contribution is 2.24. The third-order valence-corrected chi connectivity index (χ3v) is 3.04. The quantitative estimate of drug-likeness (QED) is 0.737. The van der Waals surface area contributed by atoms with E-state index in [1.54, 1.807) is 12.1 Å². The Bertz CT molecular complexity index is 770. The minimum absolute atomic E-state index is 0.408. The molecule has 0 aliphatic heterocycles. The molecule has 0 fully saturated rings. The lowest BCUT2D eigenvalue weighted by Gasteiger charge is -2.05. The molecule has 0 aliphatic rings. The number of hydrogen-bond acceptors (Lipinski definition) is 4. The molecule has 0 atom stereocenters. The van der Waals surface area contributed by atoms with E-state index in [1.807, 2.05) is 31.2 Å². The van der Waals surface area contributed by atoms with Crippen LogP contribution in [0.4, 0.5) is 5.82 Å². The monoisotopic (exact) mass is 270 g/mol. The van der Waals surface area contributed by atoms with Crippen LogP contribution >= 0.6 is 11.6 Å². The number of halogens is 1. The molecule has 0 bridgehead atoms. The molecule has 0 amide bonds. The molecule has 3 aromatic rings. The van der Waals surface area contributed by atoms with E-state index in [4.69, 9.17) is 17.3 Å². The van der Waals surface area contributed by atoms with Crippen molar-refractivity contribution in [2.45, 2.75) is 6.92 Å². The van der Waals surface area contributed by atoms with Crippen molar-refractivity contribution in [3.05, 3.63) is 47.1 Å². The number of aryl methyl sites for hydroxylation is 1. The summed E-state index contributed by atoms with van der Waals surface area (Å²) in [6.07, 6.45) is 0. The van der Waals surface area contributed by atoms with Crippen LogP contribution in [0.1, 0.15) is 5.69 Å². The molecule has 0 radical (unpaired) electrons. The number of rotatable bonds is 1. The van der Waals surface area contributed by atoms with Gasteiger partial charge in [0.2, 0.25) is 0 Å². The van der Waals surface area contributed by atoms with Crippen molar-refractivity contribution in [2.24, 2.45) is 0 Å². The summed E-state index contributed by atoms with van der Waals surface area (Å²) >= 11 is 5.94. The summed E-state index contributed by atoms with van der Waals surface area (Å²) in [6, 6.07) is 11.1. The first-order chi connectivity index (χ1) is 9.13. The molecule has 4 nitrogen and oxygen atoms in total. The van der Waals surface area contributed by atoms with Gasteiger partial charge < -0.3 is 5.73 Å². The number of benzene rings is 1. The minimum Gasteiger partial charge on any atom is -0.383 e. The van der Waals surface area contributed by atoms with Gasteiger partial charge in [0.1, 0.15) is 11.5 Å². The van der Waals surface area contributed by atoms with Crippen LogP contribution in [-0.4, -0.2) is 15.0 Å². The molecule has 1 aromatic carbocycles. The lowest BCUT2D eigenvalue weighted by Crippen LogP contribution is -1.99. The van der Waals surface area contributed by atoms with Crippen LogP contribution in [0.2, 0.25) is 5.02 Å². The van der Waals surface area contributed by atoms with Gasteiger partial charge in [0, 0.05) is 16.1 Å². The van der Waals surface area contributed by atoms with Gasteiger partial charge in [-0.25, -0.2) is 15.0 Å². The van der Waals surface area contributed by atoms with E-state index in [0.29, 0.717) is 22.4 Å². The number of fused-ring (bicyclic) bond motifs is 1. The van der Waals surface area contributed by atoms with Crippen molar-refractivity contribution >= 4 is 28.3 Å². The molecule has 94 valence electrons. The molecule has 2 N–H and O–H groups in total. The van der Waals surface area contributed by atoms with Crippen LogP contribution in [0.15, 0.2) is 36.4 Å². The highest BCUT2D eigenvalue weighted by molar-refractivity contribution is 6.31. The van der Waals surface area contributed by atoms with Crippen LogP contribution in [0, 0.1) is 6.92 Å². The lowest BCUT2D eigenvalue weighted by atomic mass is 10.2. The number of nitrogens with zero attached hydrogens (tertiary/aromatic N) is 3. The van der Waals surface area contributed by atoms with Crippen molar-refractivity contribution in [2.75, 3.05) is 5.73 Å². The summed E-state index contributed by atoms with van der Waals surface area (Å²) in [7, 11) is 0. The summed E-state index contributed by atoms with van der Waals surface area (Å²) in [5.41, 5.74) is 8.35. The largest absolute Gasteiger partial charge is 0.383 e. The van der Waals surface area contributed by atoms with Crippen LogP contribution in [-0.2, 0) is 0 Å². The first-order valence-electron chi connectivity index (χ1n) is 5.80. The van der Waals surface area contributed by atoms with E-state index in [0.717, 1.165) is 16.6 Å². The Morgan fingerprint density at radius 2 is 1.89 bits per heavy atom. The van der Waals surface area contributed by atoms with E-state index in [-0.39, 0.29) is 0 Å². The predicted octanol–water partition coefficient (Wildman–Crippen LogP) is 3.24. The van der Waals surface area contributed by atoms with Gasteiger partial charge in [0.05, 0.1) is 5.52 Å². The first kappa shape index (κ1) is 11.9. The highest BCUT2D eigenvalue weighted by atomic mass is 35.5. The summed E-state index contributed by atoms with van der Waals surface area (Å²) in [5.74, 6) is 0.932. The zero-order valence-corrected chi connectivity index (χ0v) is 11.0. The van der Waals surface area contributed by atoms with Crippen molar-refractivity contribution in [1.29, 1.82) is 0 Å². The van der Waals surface area contributed by atoms with E-state index < -0.39 is 0 Å². The Labute approximate surface area is 115 Å². The topological polar surface area (TPSA) is 64.7 Å². The second-order valence-corrected chi connectivity index (χ2v) is 4.69. The number of nitrogens with two attached hydrogens (primary N) is 1. The van der Waals surface area contributed by atoms with E-state index in [2.05, 4.69) is 15.0 Å². The smallest absolute Gasteiger partial charge is 0.180 e. The standard InChI is InChI=1S/C14H11ClN4/c1-8-3-2-4-12(17-8)14-18-11-6-5-9(15)7-10(11)13(16)19-14/h2-7H,1H3,(H2,16,18,19). The SMILES string of the molecule is Cc1cccc(-c2nc(N)c3cc(Cl)ccc3n2)n1. The Morgan fingerprint density at radius 3 is 2.68 bits per heavy atom. The number of pyridine rings is 1. The van der Waals surface area contributed by atoms with E-state index >= 15 is 0 Å². The zero-order valence-electron chi connectivity index (χ0n) is 10.3. The predicted molar refractivity (Wildman–Crippen MR) is 76.9 cm³/mol. The van der Waals surface area contributed by atoms with Gasteiger partial charge in [-0.15, -0.1) is 0 Å². The first-order valence-corrected chi connectivity index (χ1v) is 6.18. The molecule has 0 unspecified atom stereocenters. The molecular weight excluding hydrogens is 260 g/mol. The zero-order chi connectivity index (χ0) is 13.4. The normalized spacial score (nSPS) is 10.8. The second-order valence-electron chi connectivity index (χ2n) is 4.26. The fourth-order valence-corrected chi connectivity index (χ4v) is 2.08. The van der Waals surface area contributed by atoms with Gasteiger partial charge in [-0.2, -0.15) is 0 Å². The van der Waals surface area contributed by atoms with Crippen molar-refractivity contribution < 1.29 is 0 Å². The van der Waals surface area contributed by atoms with Crippen LogP contribution < -0.4 is 5.73 Å². The van der Waals surface area contributed by atoms with Crippen molar-refractivity contribution in [3.8, 4) is 11.5 Å². The molecule has 0 spiro atoms. The molecule has 2 heterocycles. The number of anilines is 1. The molecule has 3 rings (SSSR count). The van der Waals surface area contributed by atoms with Gasteiger partial charge in [-0.05, 0) is 37.3 Å². The lowest BCUT2D eigenvalue weighted by molar-refractivity contribution is 1.14. The Morgan fingerprint density at radius 1 is 1.05 bits per heavy atom. The summed E-state index contributed by atoms with van der Waals surface area (Å²) in [5, 5.41) is 1.37. The van der Waals surface area contributed by atoms with E-state index in [9.17, 15) is 0 Å². The molecule has 5 heteroatoms. The van der Waals surface area contributed by atoms with Gasteiger partial charge >= 0.3 is 0 Å². The molecule has 19 heavy (non-hydrogen) atoms. The number of hydrogen-bond donors (Lipinski definition) is 1.